The molecule has 3 nitrogen and oxygen atoms in total. The van der Waals surface area contributed by atoms with Gasteiger partial charge in [-0.1, -0.05) is 56.1 Å². The van der Waals surface area contributed by atoms with Crippen molar-refractivity contribution in [3.63, 3.8) is 0 Å². The van der Waals surface area contributed by atoms with Crippen LogP contribution in [0.2, 0.25) is 0 Å². The molecule has 0 aliphatic heterocycles. The number of nitrogens with one attached hydrogen (secondary N) is 1. The van der Waals surface area contributed by atoms with E-state index < -0.39 is 0 Å². The van der Waals surface area contributed by atoms with Gasteiger partial charge in [0.1, 0.15) is 0 Å². The van der Waals surface area contributed by atoms with Crippen molar-refractivity contribution in [1.82, 2.24) is 10.2 Å². The van der Waals surface area contributed by atoms with Gasteiger partial charge < -0.3 is 5.73 Å². The van der Waals surface area contributed by atoms with Crippen molar-refractivity contribution >= 4 is 37.7 Å². The third kappa shape index (κ3) is 2.63. The number of hydrogen-bond acceptors (Lipinski definition) is 2. The van der Waals surface area contributed by atoms with E-state index in [4.69, 9.17) is 5.73 Å². The highest BCUT2D eigenvalue weighted by atomic mass is 79.9. The van der Waals surface area contributed by atoms with Crippen molar-refractivity contribution in [3.05, 3.63) is 57.0 Å². The first kappa shape index (κ1) is 14.4. The SMILES string of the molecule is Cc1c(Br)cccc1-c1[nH]nc(N)c1-c1cccc(Br)c1. The second-order valence-electron chi connectivity index (χ2n) is 4.78. The summed E-state index contributed by atoms with van der Waals surface area (Å²) in [6.45, 7) is 2.07. The van der Waals surface area contributed by atoms with E-state index in [-0.39, 0.29) is 0 Å². The zero-order chi connectivity index (χ0) is 15.0. The van der Waals surface area contributed by atoms with E-state index in [2.05, 4.69) is 55.0 Å². The quantitative estimate of drug-likeness (QED) is 0.617. The lowest BCUT2D eigenvalue weighted by atomic mass is 9.98. The Morgan fingerprint density at radius 1 is 1.10 bits per heavy atom. The zero-order valence-corrected chi connectivity index (χ0v) is 14.5. The Hall–Kier alpha value is -1.59. The lowest BCUT2D eigenvalue weighted by Gasteiger charge is -2.09. The van der Waals surface area contributed by atoms with Gasteiger partial charge >= 0.3 is 0 Å². The number of halogens is 2. The van der Waals surface area contributed by atoms with Gasteiger partial charge in [0.2, 0.25) is 0 Å². The maximum absolute atomic E-state index is 6.08. The minimum absolute atomic E-state index is 0.502. The van der Waals surface area contributed by atoms with Gasteiger partial charge in [0.25, 0.3) is 0 Å². The molecule has 0 aliphatic rings. The van der Waals surface area contributed by atoms with Crippen LogP contribution in [0.1, 0.15) is 5.56 Å². The molecule has 3 N–H and O–H groups in total. The Labute approximate surface area is 139 Å². The van der Waals surface area contributed by atoms with Crippen LogP contribution in [0.4, 0.5) is 5.82 Å². The van der Waals surface area contributed by atoms with Gasteiger partial charge in [0, 0.05) is 14.5 Å². The lowest BCUT2D eigenvalue weighted by Crippen LogP contribution is -1.90. The van der Waals surface area contributed by atoms with Crippen molar-refractivity contribution in [3.8, 4) is 22.4 Å². The van der Waals surface area contributed by atoms with Crippen LogP contribution < -0.4 is 5.73 Å². The summed E-state index contributed by atoms with van der Waals surface area (Å²) in [6, 6.07) is 14.1. The summed E-state index contributed by atoms with van der Waals surface area (Å²) in [5.74, 6) is 0.502. The first-order chi connectivity index (χ1) is 10.1. The number of benzene rings is 2. The fourth-order valence-corrected chi connectivity index (χ4v) is 3.13. The molecule has 0 aliphatic carbocycles. The maximum Gasteiger partial charge on any atom is 0.153 e. The van der Waals surface area contributed by atoms with Crippen LogP contribution in [0, 0.1) is 6.92 Å². The molecule has 1 heterocycles. The number of hydrogen-bond donors (Lipinski definition) is 2. The number of aromatic amines is 1. The molecule has 1 aromatic heterocycles. The smallest absolute Gasteiger partial charge is 0.153 e. The van der Waals surface area contributed by atoms with Gasteiger partial charge in [0.05, 0.1) is 11.3 Å². The highest BCUT2D eigenvalue weighted by Gasteiger charge is 2.17. The average Bonchev–Trinajstić information content (AvgIpc) is 2.83. The molecule has 0 bridgehead atoms. The van der Waals surface area contributed by atoms with E-state index in [1.165, 1.54) is 0 Å². The van der Waals surface area contributed by atoms with Crippen molar-refractivity contribution in [1.29, 1.82) is 0 Å². The predicted molar refractivity (Wildman–Crippen MR) is 94.0 cm³/mol. The Bertz CT molecular complexity index is 809. The van der Waals surface area contributed by atoms with Crippen molar-refractivity contribution in [2.45, 2.75) is 6.92 Å². The number of aromatic nitrogens is 2. The predicted octanol–water partition coefficient (Wildman–Crippen LogP) is 5.16. The molecular formula is C16H13Br2N3. The van der Waals surface area contributed by atoms with Crippen molar-refractivity contribution in [2.75, 3.05) is 5.73 Å². The minimum atomic E-state index is 0.502. The Morgan fingerprint density at radius 3 is 2.62 bits per heavy atom. The molecule has 0 radical (unpaired) electrons. The molecule has 5 heteroatoms. The summed E-state index contributed by atoms with van der Waals surface area (Å²) in [6.07, 6.45) is 0. The van der Waals surface area contributed by atoms with E-state index in [0.29, 0.717) is 5.82 Å². The van der Waals surface area contributed by atoms with E-state index in [9.17, 15) is 0 Å². The molecule has 106 valence electrons. The monoisotopic (exact) mass is 405 g/mol. The van der Waals surface area contributed by atoms with Crippen molar-refractivity contribution in [2.24, 2.45) is 0 Å². The highest BCUT2D eigenvalue weighted by Crippen LogP contribution is 2.38. The van der Waals surface area contributed by atoms with Crippen molar-refractivity contribution < 1.29 is 0 Å². The summed E-state index contributed by atoms with van der Waals surface area (Å²) >= 11 is 7.07. The Balaban J connectivity index is 2.24. The molecule has 3 rings (SSSR count). The highest BCUT2D eigenvalue weighted by molar-refractivity contribution is 9.10. The van der Waals surface area contributed by atoms with Crippen LogP contribution in [-0.2, 0) is 0 Å². The van der Waals surface area contributed by atoms with Gasteiger partial charge in [-0.2, -0.15) is 5.10 Å². The fourth-order valence-electron chi connectivity index (χ4n) is 2.37. The third-order valence-corrected chi connectivity index (χ3v) is 4.80. The molecule has 21 heavy (non-hydrogen) atoms. The largest absolute Gasteiger partial charge is 0.382 e. The summed E-state index contributed by atoms with van der Waals surface area (Å²) in [5.41, 5.74) is 11.2. The molecular weight excluding hydrogens is 394 g/mol. The molecule has 0 saturated heterocycles. The fraction of sp³-hybridized carbons (Fsp3) is 0.0625. The van der Waals surface area contributed by atoms with Crippen LogP contribution in [0.15, 0.2) is 51.4 Å². The number of nitrogens with two attached hydrogens (primary N) is 1. The van der Waals surface area contributed by atoms with Crippen LogP contribution >= 0.6 is 31.9 Å². The molecule has 3 aromatic rings. The standard InChI is InChI=1S/C16H13Br2N3/c1-9-12(6-3-7-13(9)18)15-14(16(19)21-20-15)10-4-2-5-11(17)8-10/h2-8H,1H3,(H3,19,20,21). The van der Waals surface area contributed by atoms with E-state index in [1.807, 2.05) is 36.4 Å². The summed E-state index contributed by atoms with van der Waals surface area (Å²) < 4.78 is 2.07. The summed E-state index contributed by atoms with van der Waals surface area (Å²) in [5, 5.41) is 7.26. The number of anilines is 1. The van der Waals surface area contributed by atoms with Crippen LogP contribution in [0.25, 0.3) is 22.4 Å². The first-order valence-corrected chi connectivity index (χ1v) is 8.02. The van der Waals surface area contributed by atoms with E-state index in [1.54, 1.807) is 0 Å². The topological polar surface area (TPSA) is 54.7 Å². The number of rotatable bonds is 2. The lowest BCUT2D eigenvalue weighted by molar-refractivity contribution is 1.10. The molecule has 0 atom stereocenters. The molecule has 0 spiro atoms. The third-order valence-electron chi connectivity index (χ3n) is 3.44. The normalized spacial score (nSPS) is 10.8. The molecule has 0 unspecified atom stereocenters. The number of H-pyrrole nitrogens is 1. The summed E-state index contributed by atoms with van der Waals surface area (Å²) in [7, 11) is 0. The minimum Gasteiger partial charge on any atom is -0.382 e. The summed E-state index contributed by atoms with van der Waals surface area (Å²) in [4.78, 5) is 0. The van der Waals surface area contributed by atoms with E-state index >= 15 is 0 Å². The van der Waals surface area contributed by atoms with Gasteiger partial charge in [-0.15, -0.1) is 0 Å². The Morgan fingerprint density at radius 2 is 1.86 bits per heavy atom. The second kappa shape index (κ2) is 5.66. The maximum atomic E-state index is 6.08. The van der Waals surface area contributed by atoms with E-state index in [0.717, 1.165) is 36.9 Å². The van der Waals surface area contributed by atoms with Gasteiger partial charge in [-0.05, 0) is 36.2 Å². The average molecular weight is 407 g/mol. The molecule has 0 saturated carbocycles. The van der Waals surface area contributed by atoms with Gasteiger partial charge in [0.15, 0.2) is 5.82 Å². The number of nitrogen functional groups attached to an aromatic ring is 1. The zero-order valence-electron chi connectivity index (χ0n) is 11.3. The van der Waals surface area contributed by atoms with Gasteiger partial charge in [-0.25, -0.2) is 0 Å². The molecule has 2 aromatic carbocycles. The second-order valence-corrected chi connectivity index (χ2v) is 6.55. The molecule has 0 amide bonds. The number of nitrogens with zero attached hydrogens (tertiary/aromatic N) is 1. The Kier molecular flexibility index (Phi) is 3.87. The van der Waals surface area contributed by atoms with Crippen LogP contribution in [0.3, 0.4) is 0 Å². The van der Waals surface area contributed by atoms with Crippen LogP contribution in [0.5, 0.6) is 0 Å². The first-order valence-electron chi connectivity index (χ1n) is 6.43. The van der Waals surface area contributed by atoms with Gasteiger partial charge in [-0.3, -0.25) is 5.10 Å². The molecule has 0 fully saturated rings. The van der Waals surface area contributed by atoms with Crippen LogP contribution in [-0.4, -0.2) is 10.2 Å².